The number of amides is 1. The summed E-state index contributed by atoms with van der Waals surface area (Å²) >= 11 is 6.11. The van der Waals surface area contributed by atoms with Crippen molar-refractivity contribution in [3.8, 4) is 0 Å². The highest BCUT2D eigenvalue weighted by atomic mass is 35.5. The summed E-state index contributed by atoms with van der Waals surface area (Å²) < 4.78 is 26.4. The van der Waals surface area contributed by atoms with E-state index in [1.807, 2.05) is 43.3 Å². The maximum Gasteiger partial charge on any atom is 0.255 e. The van der Waals surface area contributed by atoms with Gasteiger partial charge in [0.2, 0.25) is 10.0 Å². The van der Waals surface area contributed by atoms with Gasteiger partial charge in [-0.2, -0.15) is 0 Å². The second kappa shape index (κ2) is 10.9. The lowest BCUT2D eigenvalue weighted by Gasteiger charge is -2.24. The maximum atomic E-state index is 12.7. The Morgan fingerprint density at radius 2 is 1.50 bits per heavy atom. The molecule has 0 radical (unpaired) electrons. The van der Waals surface area contributed by atoms with Gasteiger partial charge in [0.15, 0.2) is 0 Å². The van der Waals surface area contributed by atoms with Crippen LogP contribution < -0.4 is 9.62 Å². The molecule has 184 valence electrons. The molecule has 0 spiro atoms. The number of carbonyl (C=O) groups is 1. The summed E-state index contributed by atoms with van der Waals surface area (Å²) in [6.07, 6.45) is 5.49. The minimum atomic E-state index is -3.55. The van der Waals surface area contributed by atoms with Gasteiger partial charge in [-0.15, -0.1) is 0 Å². The van der Waals surface area contributed by atoms with E-state index in [1.165, 1.54) is 9.87 Å². The van der Waals surface area contributed by atoms with E-state index in [1.54, 1.807) is 54.9 Å². The zero-order valence-corrected chi connectivity index (χ0v) is 21.6. The second-order valence-electron chi connectivity index (χ2n) is 8.58. The molecule has 0 fully saturated rings. The number of anilines is 2. The van der Waals surface area contributed by atoms with Gasteiger partial charge in [-0.1, -0.05) is 41.9 Å². The van der Waals surface area contributed by atoms with Crippen LogP contribution in [-0.2, 0) is 23.0 Å². The first-order chi connectivity index (χ1) is 17.2. The zero-order chi connectivity index (χ0) is 25.7. The molecule has 0 atom stereocenters. The van der Waals surface area contributed by atoms with Crippen molar-refractivity contribution >= 4 is 38.9 Å². The molecule has 0 unspecified atom stereocenters. The first kappa shape index (κ1) is 25.4. The molecule has 3 aromatic carbocycles. The molecule has 6 nitrogen and oxygen atoms in total. The number of aromatic nitrogens is 1. The summed E-state index contributed by atoms with van der Waals surface area (Å²) in [7, 11) is -3.55. The normalized spacial score (nSPS) is 11.2. The van der Waals surface area contributed by atoms with Crippen molar-refractivity contribution in [2.45, 2.75) is 19.9 Å². The van der Waals surface area contributed by atoms with Crippen molar-refractivity contribution in [1.82, 2.24) is 4.98 Å². The SMILES string of the molecule is Cc1ccc(Cl)cc1N(Cc1ccc(C(=O)Nc2ccc(Cc3ccncc3)cc2)cc1)S(C)(=O)=O. The van der Waals surface area contributed by atoms with Crippen molar-refractivity contribution < 1.29 is 13.2 Å². The van der Waals surface area contributed by atoms with Gasteiger partial charge >= 0.3 is 0 Å². The third-order valence-corrected chi connectivity index (χ3v) is 7.11. The molecule has 36 heavy (non-hydrogen) atoms. The number of sulfonamides is 1. The number of nitrogens with zero attached hydrogens (tertiary/aromatic N) is 2. The van der Waals surface area contributed by atoms with E-state index in [-0.39, 0.29) is 12.5 Å². The summed E-state index contributed by atoms with van der Waals surface area (Å²) in [6, 6.07) is 23.7. The Morgan fingerprint density at radius 1 is 0.889 bits per heavy atom. The lowest BCUT2D eigenvalue weighted by atomic mass is 10.1. The Balaban J connectivity index is 1.43. The first-order valence-corrected chi connectivity index (χ1v) is 13.5. The molecule has 1 N–H and O–H groups in total. The molecule has 0 aliphatic heterocycles. The maximum absolute atomic E-state index is 12.7. The highest BCUT2D eigenvalue weighted by Crippen LogP contribution is 2.28. The van der Waals surface area contributed by atoms with Gasteiger partial charge in [0.25, 0.3) is 5.91 Å². The van der Waals surface area contributed by atoms with E-state index in [9.17, 15) is 13.2 Å². The van der Waals surface area contributed by atoms with Gasteiger partial charge in [-0.3, -0.25) is 14.1 Å². The fraction of sp³-hybridized carbons (Fsp3) is 0.143. The van der Waals surface area contributed by atoms with Crippen LogP contribution in [-0.4, -0.2) is 25.6 Å². The lowest BCUT2D eigenvalue weighted by Crippen LogP contribution is -2.30. The number of carbonyl (C=O) groups excluding carboxylic acids is 1. The minimum Gasteiger partial charge on any atom is -0.322 e. The highest BCUT2D eigenvalue weighted by molar-refractivity contribution is 7.92. The largest absolute Gasteiger partial charge is 0.322 e. The molecule has 4 aromatic rings. The van der Waals surface area contributed by atoms with E-state index in [0.717, 1.165) is 29.4 Å². The third-order valence-electron chi connectivity index (χ3n) is 5.75. The standard InChI is InChI=1S/C28H26ClN3O3S/c1-20-3-10-25(29)18-27(20)32(36(2,34)35)19-23-4-8-24(9-5-23)28(33)31-26-11-6-21(7-12-26)17-22-13-15-30-16-14-22/h3-16,18H,17,19H2,1-2H3,(H,31,33). The number of hydrogen-bond donors (Lipinski definition) is 1. The lowest BCUT2D eigenvalue weighted by molar-refractivity contribution is 0.102. The molecular weight excluding hydrogens is 494 g/mol. The monoisotopic (exact) mass is 519 g/mol. The Labute approximate surface area is 216 Å². The van der Waals surface area contributed by atoms with E-state index in [4.69, 9.17) is 11.6 Å². The van der Waals surface area contributed by atoms with Crippen LogP contribution in [0.4, 0.5) is 11.4 Å². The van der Waals surface area contributed by atoms with Crippen molar-refractivity contribution in [3.05, 3.63) is 124 Å². The van der Waals surface area contributed by atoms with Crippen LogP contribution >= 0.6 is 11.6 Å². The smallest absolute Gasteiger partial charge is 0.255 e. The number of pyridine rings is 1. The van der Waals surface area contributed by atoms with Crippen molar-refractivity contribution in [2.24, 2.45) is 0 Å². The van der Waals surface area contributed by atoms with Crippen LogP contribution in [0.15, 0.2) is 91.3 Å². The van der Waals surface area contributed by atoms with Crippen LogP contribution in [0.2, 0.25) is 5.02 Å². The molecule has 1 amide bonds. The molecule has 1 aromatic heterocycles. The molecule has 0 aliphatic carbocycles. The number of hydrogen-bond acceptors (Lipinski definition) is 4. The van der Waals surface area contributed by atoms with E-state index in [2.05, 4.69) is 10.3 Å². The van der Waals surface area contributed by atoms with Crippen molar-refractivity contribution in [1.29, 1.82) is 0 Å². The zero-order valence-electron chi connectivity index (χ0n) is 20.0. The number of nitrogens with one attached hydrogen (secondary N) is 1. The van der Waals surface area contributed by atoms with Crippen molar-refractivity contribution in [2.75, 3.05) is 15.9 Å². The molecule has 4 rings (SSSR count). The second-order valence-corrected chi connectivity index (χ2v) is 10.9. The average molecular weight is 520 g/mol. The van der Waals surface area contributed by atoms with Gasteiger partial charge < -0.3 is 5.32 Å². The van der Waals surface area contributed by atoms with Crippen LogP contribution in [0.25, 0.3) is 0 Å². The van der Waals surface area contributed by atoms with Gasteiger partial charge in [0, 0.05) is 28.7 Å². The number of aryl methyl sites for hydroxylation is 1. The van der Waals surface area contributed by atoms with Crippen molar-refractivity contribution in [3.63, 3.8) is 0 Å². The number of halogens is 1. The topological polar surface area (TPSA) is 79.4 Å². The predicted octanol–water partition coefficient (Wildman–Crippen LogP) is 5.85. The Bertz CT molecular complexity index is 1460. The first-order valence-electron chi connectivity index (χ1n) is 11.3. The predicted molar refractivity (Wildman–Crippen MR) is 145 cm³/mol. The van der Waals surface area contributed by atoms with E-state index < -0.39 is 10.0 Å². The fourth-order valence-corrected chi connectivity index (χ4v) is 4.91. The summed E-state index contributed by atoms with van der Waals surface area (Å²) in [4.78, 5) is 16.8. The van der Waals surface area contributed by atoms with Crippen LogP contribution in [0.3, 0.4) is 0 Å². The Morgan fingerprint density at radius 3 is 2.14 bits per heavy atom. The summed E-state index contributed by atoms with van der Waals surface area (Å²) in [5.74, 6) is -0.242. The average Bonchev–Trinajstić information content (AvgIpc) is 2.86. The van der Waals surface area contributed by atoms with Gasteiger partial charge in [0.1, 0.15) is 0 Å². The molecule has 1 heterocycles. The molecule has 0 aliphatic rings. The highest BCUT2D eigenvalue weighted by Gasteiger charge is 2.20. The fourth-order valence-electron chi connectivity index (χ4n) is 3.81. The van der Waals surface area contributed by atoms with E-state index in [0.29, 0.717) is 22.0 Å². The molecule has 0 saturated carbocycles. The van der Waals surface area contributed by atoms with E-state index >= 15 is 0 Å². The number of rotatable bonds is 8. The summed E-state index contributed by atoms with van der Waals surface area (Å²) in [5, 5.41) is 3.36. The summed E-state index contributed by atoms with van der Waals surface area (Å²) in [6.45, 7) is 1.96. The quantitative estimate of drug-likeness (QED) is 0.316. The Hall–Kier alpha value is -3.68. The van der Waals surface area contributed by atoms with Crippen LogP contribution in [0, 0.1) is 6.92 Å². The molecule has 0 bridgehead atoms. The third kappa shape index (κ3) is 6.50. The van der Waals surface area contributed by atoms with Gasteiger partial charge in [-0.05, 0) is 84.1 Å². The van der Waals surface area contributed by atoms with Crippen LogP contribution in [0.1, 0.15) is 32.6 Å². The van der Waals surface area contributed by atoms with Gasteiger partial charge in [-0.25, -0.2) is 8.42 Å². The molecule has 8 heteroatoms. The van der Waals surface area contributed by atoms with Crippen LogP contribution in [0.5, 0.6) is 0 Å². The Kier molecular flexibility index (Phi) is 7.72. The molecular formula is C28H26ClN3O3S. The minimum absolute atomic E-state index is 0.126. The van der Waals surface area contributed by atoms with Gasteiger partial charge in [0.05, 0.1) is 18.5 Å². The molecule has 0 saturated heterocycles. The number of benzene rings is 3. The summed E-state index contributed by atoms with van der Waals surface area (Å²) in [5.41, 5.74) is 5.55.